The number of thiophene rings is 1. The molecule has 26 heavy (non-hydrogen) atoms. The first kappa shape index (κ1) is 15.2. The van der Waals surface area contributed by atoms with Crippen LogP contribution in [0.15, 0.2) is 24.7 Å². The van der Waals surface area contributed by atoms with Crippen LogP contribution in [0.1, 0.15) is 34.6 Å². The molecule has 2 aliphatic carbocycles. The van der Waals surface area contributed by atoms with E-state index in [1.165, 1.54) is 32.1 Å². The fourth-order valence-corrected chi connectivity index (χ4v) is 6.10. The van der Waals surface area contributed by atoms with E-state index in [4.69, 9.17) is 0 Å². The zero-order valence-corrected chi connectivity index (χ0v) is 15.7. The molecule has 5 nitrogen and oxygen atoms in total. The Morgan fingerprint density at radius 2 is 2.15 bits per heavy atom. The van der Waals surface area contributed by atoms with Gasteiger partial charge in [0, 0.05) is 47.7 Å². The normalized spacial score (nSPS) is 21.6. The SMILES string of the molecule is c1nc(N2CCN(Cc3cc4c(s3)CCC4)C3(CC3)C2)c2cc[nH]c2n1. The number of aromatic amines is 1. The van der Waals surface area contributed by atoms with Gasteiger partial charge in [-0.05, 0) is 49.8 Å². The maximum absolute atomic E-state index is 4.62. The molecule has 6 rings (SSSR count). The lowest BCUT2D eigenvalue weighted by molar-refractivity contribution is 0.150. The fraction of sp³-hybridized carbons (Fsp3) is 0.500. The van der Waals surface area contributed by atoms with Crippen molar-refractivity contribution in [3.05, 3.63) is 40.0 Å². The average Bonchev–Trinajstić information content (AvgIpc) is 3.03. The summed E-state index contributed by atoms with van der Waals surface area (Å²) < 4.78 is 0. The second-order valence-corrected chi connectivity index (χ2v) is 9.24. The van der Waals surface area contributed by atoms with Crippen LogP contribution in [0.4, 0.5) is 5.82 Å². The molecule has 6 heteroatoms. The van der Waals surface area contributed by atoms with Gasteiger partial charge in [-0.15, -0.1) is 11.3 Å². The monoisotopic (exact) mass is 365 g/mol. The van der Waals surface area contributed by atoms with Crippen molar-refractivity contribution in [2.75, 3.05) is 24.5 Å². The summed E-state index contributed by atoms with van der Waals surface area (Å²) in [4.78, 5) is 20.6. The summed E-state index contributed by atoms with van der Waals surface area (Å²) in [6.07, 6.45) is 10.2. The predicted molar refractivity (Wildman–Crippen MR) is 105 cm³/mol. The van der Waals surface area contributed by atoms with Crippen molar-refractivity contribution < 1.29 is 0 Å². The number of aryl methyl sites for hydroxylation is 2. The smallest absolute Gasteiger partial charge is 0.142 e. The van der Waals surface area contributed by atoms with E-state index in [1.807, 2.05) is 6.20 Å². The molecule has 0 radical (unpaired) electrons. The Morgan fingerprint density at radius 1 is 1.19 bits per heavy atom. The predicted octanol–water partition coefficient (Wildman–Crippen LogP) is 3.36. The number of nitrogens with one attached hydrogen (secondary N) is 1. The molecule has 134 valence electrons. The van der Waals surface area contributed by atoms with Gasteiger partial charge in [-0.2, -0.15) is 0 Å². The highest BCUT2D eigenvalue weighted by atomic mass is 32.1. The van der Waals surface area contributed by atoms with Gasteiger partial charge in [0.15, 0.2) is 0 Å². The van der Waals surface area contributed by atoms with Crippen molar-refractivity contribution >= 4 is 28.2 Å². The third kappa shape index (κ3) is 2.32. The van der Waals surface area contributed by atoms with Gasteiger partial charge in [-0.3, -0.25) is 4.90 Å². The third-order valence-electron chi connectivity index (χ3n) is 6.40. The molecule has 1 N–H and O–H groups in total. The zero-order valence-electron chi connectivity index (χ0n) is 14.9. The van der Waals surface area contributed by atoms with Gasteiger partial charge in [0.25, 0.3) is 0 Å². The van der Waals surface area contributed by atoms with Crippen molar-refractivity contribution in [2.24, 2.45) is 0 Å². The Labute approximate surface area is 157 Å². The van der Waals surface area contributed by atoms with E-state index in [0.29, 0.717) is 5.54 Å². The fourth-order valence-electron chi connectivity index (χ4n) is 4.83. The molecule has 3 aromatic heterocycles. The van der Waals surface area contributed by atoms with Gasteiger partial charge < -0.3 is 9.88 Å². The molecule has 0 amide bonds. The molecule has 1 saturated heterocycles. The summed E-state index contributed by atoms with van der Waals surface area (Å²) in [7, 11) is 0. The minimum Gasteiger partial charge on any atom is -0.353 e. The van der Waals surface area contributed by atoms with Crippen LogP contribution in [-0.4, -0.2) is 45.0 Å². The van der Waals surface area contributed by atoms with Crippen LogP contribution in [0.3, 0.4) is 0 Å². The number of piperazine rings is 1. The minimum atomic E-state index is 0.361. The van der Waals surface area contributed by atoms with Gasteiger partial charge in [0.2, 0.25) is 0 Å². The highest BCUT2D eigenvalue weighted by Crippen LogP contribution is 2.46. The Morgan fingerprint density at radius 3 is 3.04 bits per heavy atom. The van der Waals surface area contributed by atoms with Gasteiger partial charge in [0.05, 0.1) is 5.39 Å². The Bertz CT molecular complexity index is 948. The number of aromatic nitrogens is 3. The first-order valence-corrected chi connectivity index (χ1v) is 10.5. The van der Waals surface area contributed by atoms with E-state index in [1.54, 1.807) is 21.6 Å². The molecule has 0 bridgehead atoms. The summed E-state index contributed by atoms with van der Waals surface area (Å²) in [5.41, 5.74) is 2.93. The minimum absolute atomic E-state index is 0.361. The van der Waals surface area contributed by atoms with E-state index < -0.39 is 0 Å². The van der Waals surface area contributed by atoms with E-state index in [-0.39, 0.29) is 0 Å². The summed E-state index contributed by atoms with van der Waals surface area (Å²) in [6.45, 7) is 4.40. The van der Waals surface area contributed by atoms with Crippen LogP contribution in [0.5, 0.6) is 0 Å². The maximum Gasteiger partial charge on any atom is 0.142 e. The third-order valence-corrected chi connectivity index (χ3v) is 7.62. The van der Waals surface area contributed by atoms with Crippen molar-refractivity contribution in [3.8, 4) is 0 Å². The largest absolute Gasteiger partial charge is 0.353 e. The Balaban J connectivity index is 1.24. The van der Waals surface area contributed by atoms with Crippen molar-refractivity contribution in [1.82, 2.24) is 19.9 Å². The molecule has 3 aliphatic rings. The molecule has 0 unspecified atom stereocenters. The van der Waals surface area contributed by atoms with Crippen LogP contribution in [-0.2, 0) is 19.4 Å². The van der Waals surface area contributed by atoms with Crippen LogP contribution in [0.2, 0.25) is 0 Å². The number of H-pyrrole nitrogens is 1. The highest BCUT2D eigenvalue weighted by Gasteiger charge is 2.51. The molecule has 4 heterocycles. The van der Waals surface area contributed by atoms with E-state index in [0.717, 1.165) is 43.0 Å². The van der Waals surface area contributed by atoms with E-state index >= 15 is 0 Å². The number of rotatable bonds is 3. The van der Waals surface area contributed by atoms with Crippen LogP contribution < -0.4 is 4.90 Å². The van der Waals surface area contributed by atoms with Gasteiger partial charge in [0.1, 0.15) is 17.8 Å². The average molecular weight is 366 g/mol. The molecule has 3 aromatic rings. The van der Waals surface area contributed by atoms with Gasteiger partial charge in [-0.1, -0.05) is 0 Å². The molecular weight excluding hydrogens is 342 g/mol. The standard InChI is InChI=1S/C20H23N5S/c1-2-14-10-15(26-17(14)3-1)11-25-9-8-24(12-20(25)5-6-20)19-16-4-7-21-18(16)22-13-23-19/h4,7,10,13H,1-3,5-6,8-9,11-12H2,(H,21,22,23). The Kier molecular flexibility index (Phi) is 3.23. The molecule has 1 spiro atoms. The maximum atomic E-state index is 4.62. The second-order valence-electron chi connectivity index (χ2n) is 8.02. The summed E-state index contributed by atoms with van der Waals surface area (Å²) in [5, 5.41) is 1.14. The topological polar surface area (TPSA) is 48.1 Å². The Hall–Kier alpha value is -1.92. The number of hydrogen-bond acceptors (Lipinski definition) is 5. The number of anilines is 1. The van der Waals surface area contributed by atoms with Crippen molar-refractivity contribution in [3.63, 3.8) is 0 Å². The lowest BCUT2D eigenvalue weighted by atomic mass is 10.1. The summed E-state index contributed by atoms with van der Waals surface area (Å²) in [5.74, 6) is 1.09. The second kappa shape index (κ2) is 5.54. The van der Waals surface area contributed by atoms with Crippen LogP contribution >= 0.6 is 11.3 Å². The number of nitrogens with zero attached hydrogens (tertiary/aromatic N) is 4. The van der Waals surface area contributed by atoms with Crippen LogP contribution in [0, 0.1) is 0 Å². The first-order valence-electron chi connectivity index (χ1n) is 9.69. The van der Waals surface area contributed by atoms with Gasteiger partial charge in [-0.25, -0.2) is 9.97 Å². The van der Waals surface area contributed by atoms with Crippen molar-refractivity contribution in [2.45, 2.75) is 44.2 Å². The zero-order chi connectivity index (χ0) is 17.1. The summed E-state index contributed by atoms with van der Waals surface area (Å²) >= 11 is 2.06. The number of hydrogen-bond donors (Lipinski definition) is 1. The molecule has 0 aromatic carbocycles. The molecule has 1 aliphatic heterocycles. The molecule has 2 fully saturated rings. The van der Waals surface area contributed by atoms with Crippen LogP contribution in [0.25, 0.3) is 11.0 Å². The molecule has 0 atom stereocenters. The van der Waals surface area contributed by atoms with E-state index in [9.17, 15) is 0 Å². The molecular formula is C20H23N5S. The van der Waals surface area contributed by atoms with E-state index in [2.05, 4.69) is 48.2 Å². The lowest BCUT2D eigenvalue weighted by Gasteiger charge is -2.42. The van der Waals surface area contributed by atoms with Crippen molar-refractivity contribution in [1.29, 1.82) is 0 Å². The first-order chi connectivity index (χ1) is 12.8. The highest BCUT2D eigenvalue weighted by molar-refractivity contribution is 7.12. The lowest BCUT2D eigenvalue weighted by Crippen LogP contribution is -2.54. The quantitative estimate of drug-likeness (QED) is 0.773. The van der Waals surface area contributed by atoms with Gasteiger partial charge >= 0.3 is 0 Å². The summed E-state index contributed by atoms with van der Waals surface area (Å²) in [6, 6.07) is 4.59. The molecule has 1 saturated carbocycles. The number of fused-ring (bicyclic) bond motifs is 2.